The lowest BCUT2D eigenvalue weighted by Crippen LogP contribution is -1.85. The van der Waals surface area contributed by atoms with E-state index in [9.17, 15) is 0 Å². The highest BCUT2D eigenvalue weighted by molar-refractivity contribution is 9.10. The van der Waals surface area contributed by atoms with Gasteiger partial charge < -0.3 is 0 Å². The Morgan fingerprint density at radius 2 is 2.64 bits per heavy atom. The van der Waals surface area contributed by atoms with Crippen molar-refractivity contribution in [2.75, 3.05) is 0 Å². The molecule has 0 saturated heterocycles. The van der Waals surface area contributed by atoms with Crippen molar-refractivity contribution in [2.45, 2.75) is 0 Å². The number of fused-ring (bicyclic) bond motifs is 1. The Balaban J connectivity index is 2.63. The summed E-state index contributed by atoms with van der Waals surface area (Å²) in [5.41, 5.74) is 0.435. The van der Waals surface area contributed by atoms with Gasteiger partial charge in [-0.25, -0.2) is 4.98 Å². The van der Waals surface area contributed by atoms with Gasteiger partial charge in [0.2, 0.25) is 0 Å². The summed E-state index contributed by atoms with van der Waals surface area (Å²) in [6, 6.07) is 1.78. The normalized spacial score (nSPS) is 15.9. The molecule has 0 aromatic carbocycles. The second-order valence-corrected chi connectivity index (χ2v) is 3.06. The Morgan fingerprint density at radius 1 is 1.73 bits per heavy atom. The number of pyridine rings is 1. The van der Waals surface area contributed by atoms with Crippen LogP contribution >= 0.6 is 15.9 Å². The van der Waals surface area contributed by atoms with Gasteiger partial charge in [0, 0.05) is 33.3 Å². The van der Waals surface area contributed by atoms with Crippen LogP contribution in [-0.4, -0.2) is 14.8 Å². The molecule has 0 aliphatic heterocycles. The summed E-state index contributed by atoms with van der Waals surface area (Å²) in [5.74, 6) is 0. The van der Waals surface area contributed by atoms with Gasteiger partial charge in [-0.1, -0.05) is 0 Å². The second-order valence-electron chi connectivity index (χ2n) is 2.14. The van der Waals surface area contributed by atoms with Gasteiger partial charge in [0.1, 0.15) is 0 Å². The first-order valence-electron chi connectivity index (χ1n) is 4.48. The number of hydrogen-bond acceptors (Lipinski definition) is 2. The van der Waals surface area contributed by atoms with Gasteiger partial charge in [0.15, 0.2) is 5.65 Å². The Bertz CT molecular complexity index is 476. The van der Waals surface area contributed by atoms with Crippen molar-refractivity contribution < 1.29 is 4.11 Å². The number of halogens is 1. The molecule has 0 amide bonds. The molecule has 0 spiro atoms. The topological polar surface area (TPSA) is 30.7 Å². The monoisotopic (exact) mass is 214 g/mol. The molecule has 2 rings (SSSR count). The minimum atomic E-state index is -2.24. The van der Waals surface area contributed by atoms with Crippen LogP contribution in [0.25, 0.3) is 11.0 Å². The molecular weight excluding hydrogens is 206 g/mol. The summed E-state index contributed by atoms with van der Waals surface area (Å²) in [4.78, 5) is 3.99. The first-order valence-corrected chi connectivity index (χ1v) is 3.77. The highest BCUT2D eigenvalue weighted by Gasteiger charge is 1.98. The minimum Gasteiger partial charge on any atom is -0.273 e. The summed E-state index contributed by atoms with van der Waals surface area (Å²) < 4.78 is 23.2. The molecule has 2 aromatic rings. The largest absolute Gasteiger partial charge is 0.273 e. The second kappa shape index (κ2) is 2.30. The van der Waals surface area contributed by atoms with Crippen molar-refractivity contribution in [3.63, 3.8) is 0 Å². The van der Waals surface area contributed by atoms with Crippen LogP contribution in [0.15, 0.2) is 22.9 Å². The van der Waals surface area contributed by atoms with Crippen molar-refractivity contribution in [3.8, 4) is 0 Å². The molecule has 0 aliphatic carbocycles. The van der Waals surface area contributed by atoms with Gasteiger partial charge in [-0.15, -0.1) is 0 Å². The van der Waals surface area contributed by atoms with Crippen LogP contribution in [0.1, 0.15) is 4.11 Å². The van der Waals surface area contributed by atoms with Gasteiger partial charge in [-0.05, 0) is 22.0 Å². The first-order chi connectivity index (χ1) is 6.47. The minimum absolute atomic E-state index is 0.435. The molecule has 2 aromatic heterocycles. The number of aryl methyl sites for hydroxylation is 1. The summed E-state index contributed by atoms with van der Waals surface area (Å²) >= 11 is 3.25. The maximum atomic E-state index is 7.15. The quantitative estimate of drug-likeness (QED) is 0.669. The van der Waals surface area contributed by atoms with E-state index in [0.29, 0.717) is 11.0 Å². The number of aromatic nitrogens is 3. The molecule has 11 heavy (non-hydrogen) atoms. The summed E-state index contributed by atoms with van der Waals surface area (Å²) in [6.07, 6.45) is 3.04. The van der Waals surface area contributed by atoms with Crippen LogP contribution in [0.5, 0.6) is 0 Å². The predicted octanol–water partition coefficient (Wildman–Crippen LogP) is 1.73. The Labute approximate surface area is 76.4 Å². The molecule has 0 unspecified atom stereocenters. The zero-order valence-corrected chi connectivity index (χ0v) is 7.04. The van der Waals surface area contributed by atoms with Gasteiger partial charge in [0.25, 0.3) is 0 Å². The highest BCUT2D eigenvalue weighted by Crippen LogP contribution is 2.14. The van der Waals surface area contributed by atoms with E-state index in [-0.39, 0.29) is 0 Å². The van der Waals surface area contributed by atoms with Crippen molar-refractivity contribution in [1.82, 2.24) is 14.8 Å². The fourth-order valence-corrected chi connectivity index (χ4v) is 1.24. The maximum Gasteiger partial charge on any atom is 0.181 e. The Hall–Kier alpha value is -0.900. The third-order valence-corrected chi connectivity index (χ3v) is 1.76. The number of nitrogens with zero attached hydrogens (tertiary/aromatic N) is 3. The molecule has 0 bridgehead atoms. The van der Waals surface area contributed by atoms with Crippen molar-refractivity contribution >= 4 is 27.0 Å². The van der Waals surface area contributed by atoms with Crippen molar-refractivity contribution in [2.24, 2.45) is 6.98 Å². The van der Waals surface area contributed by atoms with Gasteiger partial charge in [0.05, 0.1) is 0 Å². The Morgan fingerprint density at radius 3 is 3.45 bits per heavy atom. The third kappa shape index (κ3) is 1.14. The van der Waals surface area contributed by atoms with Crippen molar-refractivity contribution in [1.29, 1.82) is 0 Å². The molecular formula is C7H6BrN3. The fourth-order valence-electron chi connectivity index (χ4n) is 0.889. The van der Waals surface area contributed by atoms with E-state index in [1.54, 1.807) is 12.3 Å². The zero-order chi connectivity index (χ0) is 10.3. The molecule has 0 fully saturated rings. The van der Waals surface area contributed by atoms with Crippen LogP contribution in [0.2, 0.25) is 0 Å². The number of rotatable bonds is 0. The van der Waals surface area contributed by atoms with Crippen molar-refractivity contribution in [3.05, 3.63) is 22.9 Å². The van der Waals surface area contributed by atoms with E-state index in [1.807, 2.05) is 0 Å². The van der Waals surface area contributed by atoms with E-state index < -0.39 is 6.98 Å². The first kappa shape index (κ1) is 4.21. The molecule has 3 nitrogen and oxygen atoms in total. The number of hydrogen-bond donors (Lipinski definition) is 0. The predicted molar refractivity (Wildman–Crippen MR) is 46.2 cm³/mol. The van der Waals surface area contributed by atoms with E-state index in [1.165, 1.54) is 6.20 Å². The summed E-state index contributed by atoms with van der Waals surface area (Å²) in [5, 5.41) is 4.55. The van der Waals surface area contributed by atoms with Gasteiger partial charge in [-0.2, -0.15) is 5.10 Å². The smallest absolute Gasteiger partial charge is 0.181 e. The van der Waals surface area contributed by atoms with E-state index in [2.05, 4.69) is 26.0 Å². The Kier molecular flexibility index (Phi) is 0.881. The lowest BCUT2D eigenvalue weighted by atomic mass is 10.4. The zero-order valence-electron chi connectivity index (χ0n) is 8.45. The lowest BCUT2D eigenvalue weighted by molar-refractivity contribution is 0.776. The van der Waals surface area contributed by atoms with Crippen LogP contribution in [0.4, 0.5) is 0 Å². The average molecular weight is 215 g/mol. The molecule has 0 radical (unpaired) electrons. The van der Waals surface area contributed by atoms with E-state index >= 15 is 0 Å². The molecule has 4 heteroatoms. The third-order valence-electron chi connectivity index (χ3n) is 1.33. The van der Waals surface area contributed by atoms with E-state index in [4.69, 9.17) is 4.11 Å². The SMILES string of the molecule is [2H]C([2H])([2H])n1cc2cc(Br)cnc2n1. The molecule has 0 atom stereocenters. The molecule has 0 saturated carbocycles. The molecule has 0 aliphatic rings. The van der Waals surface area contributed by atoms with Crippen LogP contribution < -0.4 is 0 Å². The van der Waals surface area contributed by atoms with E-state index in [0.717, 1.165) is 9.15 Å². The summed E-state index contributed by atoms with van der Waals surface area (Å²) in [7, 11) is 0. The lowest BCUT2D eigenvalue weighted by Gasteiger charge is -1.86. The van der Waals surface area contributed by atoms with Gasteiger partial charge in [-0.3, -0.25) is 4.68 Å². The molecule has 2 heterocycles. The fraction of sp³-hybridized carbons (Fsp3) is 0.143. The summed E-state index contributed by atoms with van der Waals surface area (Å²) in [6.45, 7) is -2.24. The van der Waals surface area contributed by atoms with Crippen LogP contribution in [0.3, 0.4) is 0 Å². The van der Waals surface area contributed by atoms with Gasteiger partial charge >= 0.3 is 0 Å². The molecule has 0 N–H and O–H groups in total. The van der Waals surface area contributed by atoms with Crippen LogP contribution in [-0.2, 0) is 6.98 Å². The average Bonchev–Trinajstić information content (AvgIpc) is 2.45. The highest BCUT2D eigenvalue weighted by atomic mass is 79.9. The maximum absolute atomic E-state index is 7.15. The van der Waals surface area contributed by atoms with Crippen LogP contribution in [0, 0.1) is 0 Å². The standard InChI is InChI=1S/C7H6BrN3/c1-11-4-5-2-6(8)3-9-7(5)10-11/h2-4H,1H3/i1D3. The molecule has 56 valence electrons.